The van der Waals surface area contributed by atoms with E-state index in [-0.39, 0.29) is 57.9 Å². The Bertz CT molecular complexity index is 5710. The maximum atomic E-state index is 13.9. The molecule has 12 aromatic rings. The van der Waals surface area contributed by atoms with Crippen LogP contribution in [0.2, 0.25) is 0 Å². The molecule has 26 heteroatoms. The molecule has 0 saturated heterocycles. The van der Waals surface area contributed by atoms with Crippen molar-refractivity contribution in [3.8, 4) is 89.0 Å². The van der Waals surface area contributed by atoms with Crippen LogP contribution in [0.15, 0.2) is 243 Å². The SMILES string of the molecule is CC(=O)[C@@H](CC(C)C)c1cc(-c2ccc(C(F)(F)F)cc2)cc(-c2cc(C)cc(C(F)(F)F)c2)c1.CC(=O)[C@@H](CC(C)C)c1cc(-c2ccc(C(F)(F)F)cc2)cc(-c2cc(F)cc(F)c2)c1.CC(=O)[C@H](CC(C)C)c1cc(-c2ccc(C(F)(F)F)cc2)cc(-c2cc(C)cc(C(F)(F)F)c2)c1.CC(=O)[C@H](CC(C)C)c1cc(-c2ccc(C(F)(F)F)cc2)cc(-c2cc(F)cc(F)c2)c1. The predicted molar refractivity (Wildman–Crippen MR) is 480 cm³/mol. The van der Waals surface area contributed by atoms with Crippen molar-refractivity contribution in [2.24, 2.45) is 23.7 Å². The van der Waals surface area contributed by atoms with Gasteiger partial charge in [0.05, 0.1) is 33.4 Å². The average molecular weight is 1880 g/mol. The summed E-state index contributed by atoms with van der Waals surface area (Å²) < 4.78 is 292. The summed E-state index contributed by atoms with van der Waals surface area (Å²) in [6, 6.07) is 52.7. The fourth-order valence-corrected chi connectivity index (χ4v) is 15.9. The number of hydrogen-bond acceptors (Lipinski definition) is 4. The summed E-state index contributed by atoms with van der Waals surface area (Å²) in [6.45, 7) is 24.8. The highest BCUT2D eigenvalue weighted by molar-refractivity contribution is 5.89. The van der Waals surface area contributed by atoms with Crippen LogP contribution in [-0.4, -0.2) is 23.1 Å². The van der Waals surface area contributed by atoms with Crippen molar-refractivity contribution in [1.82, 2.24) is 0 Å². The van der Waals surface area contributed by atoms with Gasteiger partial charge in [0.2, 0.25) is 0 Å². The van der Waals surface area contributed by atoms with E-state index in [1.54, 1.807) is 98.8 Å². The molecule has 0 aromatic heterocycles. The predicted octanol–water partition coefficient (Wildman–Crippen LogP) is 34.2. The number of carbonyl (C=O) groups is 4. The molecule has 0 amide bonds. The first kappa shape index (κ1) is 105. The molecule has 0 aliphatic carbocycles. The van der Waals surface area contributed by atoms with Gasteiger partial charge >= 0.3 is 37.1 Å². The van der Waals surface area contributed by atoms with E-state index in [1.165, 1.54) is 100 Å². The Balaban J connectivity index is 0.000000201. The molecule has 0 heterocycles. The lowest BCUT2D eigenvalue weighted by molar-refractivity contribution is -0.138. The summed E-state index contributed by atoms with van der Waals surface area (Å²) in [7, 11) is 0. The zero-order chi connectivity index (χ0) is 99.5. The molecular weight excluding hydrogens is 1780 g/mol. The lowest BCUT2D eigenvalue weighted by atomic mass is 9.84. The maximum absolute atomic E-state index is 13.9. The van der Waals surface area contributed by atoms with Crippen LogP contribution in [0, 0.1) is 60.8 Å². The highest BCUT2D eigenvalue weighted by Crippen LogP contribution is 2.45. The van der Waals surface area contributed by atoms with Crippen LogP contribution < -0.4 is 0 Å². The minimum atomic E-state index is -4.53. The van der Waals surface area contributed by atoms with Gasteiger partial charge in [-0.1, -0.05) is 165 Å². The number of alkyl halides is 18. The summed E-state index contributed by atoms with van der Waals surface area (Å²) in [6.07, 6.45) is -24.7. The zero-order valence-corrected chi connectivity index (χ0v) is 75.5. The van der Waals surface area contributed by atoms with Crippen molar-refractivity contribution < 1.29 is 116 Å². The Morgan fingerprint density at radius 3 is 0.515 bits per heavy atom. The average Bonchev–Trinajstić information content (AvgIpc) is 0.794. The van der Waals surface area contributed by atoms with Gasteiger partial charge in [-0.05, 0) is 335 Å². The molecule has 0 saturated carbocycles. The third-order valence-corrected chi connectivity index (χ3v) is 22.3. The van der Waals surface area contributed by atoms with Crippen molar-refractivity contribution >= 4 is 23.1 Å². The molecule has 0 aliphatic heterocycles. The van der Waals surface area contributed by atoms with Gasteiger partial charge in [0, 0.05) is 35.8 Å². The van der Waals surface area contributed by atoms with Gasteiger partial charge in [-0.25, -0.2) is 17.6 Å². The Hall–Kier alpha value is -12.2. The summed E-state index contributed by atoms with van der Waals surface area (Å²) >= 11 is 0. The van der Waals surface area contributed by atoms with Crippen LogP contribution in [0.4, 0.5) is 96.6 Å². The minimum absolute atomic E-state index is 0.0559. The van der Waals surface area contributed by atoms with Gasteiger partial charge in [-0.3, -0.25) is 19.2 Å². The molecule has 134 heavy (non-hydrogen) atoms. The third-order valence-electron chi connectivity index (χ3n) is 22.3. The molecule has 0 spiro atoms. The second-order valence-electron chi connectivity index (χ2n) is 35.3. The van der Waals surface area contributed by atoms with Gasteiger partial charge in [0.15, 0.2) is 0 Å². The van der Waals surface area contributed by atoms with E-state index in [1.807, 2.05) is 55.4 Å². The number of aryl methyl sites for hydroxylation is 2. The maximum Gasteiger partial charge on any atom is 0.416 e. The first-order valence-electron chi connectivity index (χ1n) is 42.8. The van der Waals surface area contributed by atoms with Crippen LogP contribution >= 0.6 is 0 Å². The molecular formula is C108H98F22O4. The number of halogens is 22. The summed E-state index contributed by atoms with van der Waals surface area (Å²) in [5.41, 5.74) is 5.85. The largest absolute Gasteiger partial charge is 0.416 e. The summed E-state index contributed by atoms with van der Waals surface area (Å²) in [4.78, 5) is 49.8. The molecule has 0 unspecified atom stereocenters. The number of carbonyl (C=O) groups excluding carboxylic acids is 4. The fourth-order valence-electron chi connectivity index (χ4n) is 15.9. The molecule has 0 radical (unpaired) electrons. The van der Waals surface area contributed by atoms with E-state index in [4.69, 9.17) is 0 Å². The fraction of sp³-hybridized carbons (Fsp3) is 0.296. The van der Waals surface area contributed by atoms with E-state index in [0.29, 0.717) is 137 Å². The normalized spacial score (nSPS) is 13.0. The summed E-state index contributed by atoms with van der Waals surface area (Å²) in [5, 5.41) is 0. The van der Waals surface area contributed by atoms with Crippen molar-refractivity contribution in [2.45, 2.75) is 183 Å². The van der Waals surface area contributed by atoms with Gasteiger partial charge in [-0.2, -0.15) is 79.0 Å². The monoisotopic (exact) mass is 1880 g/mol. The second-order valence-corrected chi connectivity index (χ2v) is 35.3. The first-order valence-corrected chi connectivity index (χ1v) is 42.8. The smallest absolute Gasteiger partial charge is 0.299 e. The first-order chi connectivity index (χ1) is 62.2. The van der Waals surface area contributed by atoms with Gasteiger partial charge in [-0.15, -0.1) is 0 Å². The molecule has 12 rings (SSSR count). The van der Waals surface area contributed by atoms with Crippen LogP contribution in [0.3, 0.4) is 0 Å². The van der Waals surface area contributed by atoms with E-state index < -0.39 is 117 Å². The number of rotatable bonds is 24. The lowest BCUT2D eigenvalue weighted by Gasteiger charge is -2.20. The quantitative estimate of drug-likeness (QED) is 0.0566. The van der Waals surface area contributed by atoms with Crippen LogP contribution in [-0.2, 0) is 56.2 Å². The molecule has 0 bridgehead atoms. The molecule has 4 nitrogen and oxygen atoms in total. The van der Waals surface area contributed by atoms with E-state index in [2.05, 4.69) is 0 Å². The number of ketones is 4. The topological polar surface area (TPSA) is 68.3 Å². The van der Waals surface area contributed by atoms with Crippen LogP contribution in [0.5, 0.6) is 0 Å². The summed E-state index contributed by atoms with van der Waals surface area (Å²) in [5.74, 6) is -4.34. The number of Topliss-reactive ketones (excluding diaryl/α,β-unsaturated/α-hetero) is 4. The van der Waals surface area contributed by atoms with Crippen LogP contribution in [0.25, 0.3) is 89.0 Å². The zero-order valence-electron chi connectivity index (χ0n) is 75.5. The van der Waals surface area contributed by atoms with Crippen molar-refractivity contribution in [1.29, 1.82) is 0 Å². The van der Waals surface area contributed by atoms with Gasteiger partial charge in [0.1, 0.15) is 46.4 Å². The van der Waals surface area contributed by atoms with Crippen LogP contribution in [0.1, 0.15) is 199 Å². The van der Waals surface area contributed by atoms with E-state index in [0.717, 1.165) is 84.9 Å². The highest BCUT2D eigenvalue weighted by Gasteiger charge is 2.37. The lowest BCUT2D eigenvalue weighted by Crippen LogP contribution is -2.12. The van der Waals surface area contributed by atoms with Crippen molar-refractivity contribution in [3.05, 3.63) is 333 Å². The Morgan fingerprint density at radius 2 is 0.358 bits per heavy atom. The standard InChI is InChI=1S/2C28H26F6O.2C26H23F5O/c2*1-16(2)9-26(18(4)35)23-13-21(19-5-7-24(8-6-19)27(29,30)31)12-22(14-23)20-10-17(3)11-25(15-20)28(32,33)34;2*1-15(2)8-25(16(3)32)21-10-18(17-4-6-22(7-5-17)26(29,30)31)9-19(11-21)20-12-23(27)14-24(28)13-20/h2*5-8,10-16,26H,9H2,1-4H3;2*4-7,9-15,25H,8H2,1-3H3/t2*26-;2*25-/m1010/s1. The molecule has 0 aliphatic rings. The molecule has 0 fully saturated rings. The molecule has 0 N–H and O–H groups in total. The highest BCUT2D eigenvalue weighted by atomic mass is 19.4. The second kappa shape index (κ2) is 43.4. The van der Waals surface area contributed by atoms with Crippen molar-refractivity contribution in [3.63, 3.8) is 0 Å². The van der Waals surface area contributed by atoms with Gasteiger partial charge < -0.3 is 0 Å². The molecule has 12 aromatic carbocycles. The van der Waals surface area contributed by atoms with Gasteiger partial charge in [0.25, 0.3) is 0 Å². The number of benzene rings is 12. The molecule has 708 valence electrons. The van der Waals surface area contributed by atoms with E-state index >= 15 is 0 Å². The minimum Gasteiger partial charge on any atom is -0.299 e. The molecule has 4 atom stereocenters. The Kier molecular flexibility index (Phi) is 34.2. The Labute approximate surface area is 764 Å². The van der Waals surface area contributed by atoms with Crippen molar-refractivity contribution in [2.75, 3.05) is 0 Å². The number of hydrogen-bond donors (Lipinski definition) is 0. The Morgan fingerprint density at radius 1 is 0.201 bits per heavy atom. The third kappa shape index (κ3) is 29.4. The van der Waals surface area contributed by atoms with E-state index in [9.17, 15) is 116 Å².